The van der Waals surface area contributed by atoms with Crippen LogP contribution < -0.4 is 5.32 Å². The van der Waals surface area contributed by atoms with E-state index in [1.165, 1.54) is 0 Å². The molecule has 0 amide bonds. The van der Waals surface area contributed by atoms with Crippen LogP contribution in [0.4, 0.5) is 0 Å². The SMILES string of the molecule is O=S1(=O)CCC(NC2CCCOC2)c2ccccc21. The van der Waals surface area contributed by atoms with Gasteiger partial charge in [-0.1, -0.05) is 18.2 Å². The molecule has 0 aromatic heterocycles. The van der Waals surface area contributed by atoms with Crippen molar-refractivity contribution in [2.24, 2.45) is 0 Å². The van der Waals surface area contributed by atoms with Gasteiger partial charge in [0.1, 0.15) is 0 Å². The third-order valence-corrected chi connectivity index (χ3v) is 5.72. The molecular formula is C14H19NO3S. The van der Waals surface area contributed by atoms with E-state index in [0.29, 0.717) is 17.4 Å². The Balaban J connectivity index is 1.84. The molecule has 0 saturated carbocycles. The fourth-order valence-electron chi connectivity index (χ4n) is 2.92. The van der Waals surface area contributed by atoms with Crippen molar-refractivity contribution in [3.8, 4) is 0 Å². The van der Waals surface area contributed by atoms with Crippen LogP contribution in [-0.2, 0) is 14.6 Å². The van der Waals surface area contributed by atoms with Gasteiger partial charge in [-0.3, -0.25) is 0 Å². The minimum Gasteiger partial charge on any atom is -0.380 e. The second-order valence-corrected chi connectivity index (χ2v) is 7.36. The minimum atomic E-state index is -3.09. The number of hydrogen-bond donors (Lipinski definition) is 1. The van der Waals surface area contributed by atoms with Crippen LogP contribution in [0.1, 0.15) is 30.9 Å². The van der Waals surface area contributed by atoms with E-state index in [4.69, 9.17) is 4.74 Å². The Morgan fingerprint density at radius 3 is 2.84 bits per heavy atom. The summed E-state index contributed by atoms with van der Waals surface area (Å²) in [5.74, 6) is 0.231. The van der Waals surface area contributed by atoms with Gasteiger partial charge in [0.25, 0.3) is 0 Å². The Hall–Kier alpha value is -0.910. The molecule has 0 radical (unpaired) electrons. The molecule has 2 aliphatic heterocycles. The van der Waals surface area contributed by atoms with Gasteiger partial charge in [0.15, 0.2) is 9.84 Å². The predicted octanol–water partition coefficient (Wildman–Crippen LogP) is 1.67. The molecule has 0 spiro atoms. The maximum atomic E-state index is 12.1. The summed E-state index contributed by atoms with van der Waals surface area (Å²) in [4.78, 5) is 0.496. The Morgan fingerprint density at radius 2 is 2.05 bits per heavy atom. The zero-order valence-electron chi connectivity index (χ0n) is 10.8. The number of sulfone groups is 1. The third kappa shape index (κ3) is 2.68. The quantitative estimate of drug-likeness (QED) is 0.896. The molecule has 1 saturated heterocycles. The summed E-state index contributed by atoms with van der Waals surface area (Å²) in [5.41, 5.74) is 0.916. The molecule has 2 aliphatic rings. The first kappa shape index (κ1) is 13.1. The van der Waals surface area contributed by atoms with E-state index in [1.807, 2.05) is 12.1 Å². The highest BCUT2D eigenvalue weighted by Gasteiger charge is 2.31. The molecule has 1 N–H and O–H groups in total. The summed E-state index contributed by atoms with van der Waals surface area (Å²) in [6.45, 7) is 1.57. The van der Waals surface area contributed by atoms with Gasteiger partial charge in [-0.05, 0) is 30.9 Å². The molecule has 104 valence electrons. The Bertz CT molecular complexity index is 550. The van der Waals surface area contributed by atoms with Crippen LogP contribution in [0.15, 0.2) is 29.2 Å². The third-order valence-electron chi connectivity index (χ3n) is 3.90. The van der Waals surface area contributed by atoms with Crippen molar-refractivity contribution in [3.63, 3.8) is 0 Å². The molecule has 2 unspecified atom stereocenters. The van der Waals surface area contributed by atoms with E-state index in [-0.39, 0.29) is 11.8 Å². The van der Waals surface area contributed by atoms with Crippen molar-refractivity contribution in [1.29, 1.82) is 0 Å². The second kappa shape index (κ2) is 5.23. The summed E-state index contributed by atoms with van der Waals surface area (Å²) in [5, 5.41) is 3.56. The van der Waals surface area contributed by atoms with Crippen LogP contribution in [0.5, 0.6) is 0 Å². The number of rotatable bonds is 2. The van der Waals surface area contributed by atoms with Gasteiger partial charge < -0.3 is 10.1 Å². The van der Waals surface area contributed by atoms with Crippen molar-refractivity contribution in [2.75, 3.05) is 19.0 Å². The summed E-state index contributed by atoms with van der Waals surface area (Å²) in [6.07, 6.45) is 2.82. The lowest BCUT2D eigenvalue weighted by atomic mass is 10.0. The van der Waals surface area contributed by atoms with Crippen molar-refractivity contribution in [2.45, 2.75) is 36.2 Å². The van der Waals surface area contributed by atoms with Crippen molar-refractivity contribution in [3.05, 3.63) is 29.8 Å². The van der Waals surface area contributed by atoms with Crippen LogP contribution in [0.3, 0.4) is 0 Å². The van der Waals surface area contributed by atoms with E-state index in [9.17, 15) is 8.42 Å². The zero-order chi connectivity index (χ0) is 13.3. The van der Waals surface area contributed by atoms with E-state index in [0.717, 1.165) is 31.6 Å². The molecule has 19 heavy (non-hydrogen) atoms. The first-order valence-corrected chi connectivity index (χ1v) is 8.47. The number of fused-ring (bicyclic) bond motifs is 1. The maximum absolute atomic E-state index is 12.1. The Morgan fingerprint density at radius 1 is 1.21 bits per heavy atom. The molecule has 1 aromatic rings. The first-order chi connectivity index (χ1) is 9.17. The van der Waals surface area contributed by atoms with E-state index >= 15 is 0 Å². The number of benzene rings is 1. The van der Waals surface area contributed by atoms with Gasteiger partial charge in [-0.2, -0.15) is 0 Å². The first-order valence-electron chi connectivity index (χ1n) is 6.82. The van der Waals surface area contributed by atoms with Gasteiger partial charge in [-0.25, -0.2) is 8.42 Å². The Kier molecular flexibility index (Phi) is 3.60. The van der Waals surface area contributed by atoms with Crippen LogP contribution >= 0.6 is 0 Å². The number of ether oxygens (including phenoxy) is 1. The zero-order valence-corrected chi connectivity index (χ0v) is 11.7. The number of nitrogens with one attached hydrogen (secondary N) is 1. The summed E-state index contributed by atoms with van der Waals surface area (Å²) < 4.78 is 29.6. The largest absolute Gasteiger partial charge is 0.380 e. The molecule has 1 fully saturated rings. The topological polar surface area (TPSA) is 55.4 Å². The second-order valence-electron chi connectivity index (χ2n) is 5.28. The van der Waals surface area contributed by atoms with Gasteiger partial charge in [-0.15, -0.1) is 0 Å². The maximum Gasteiger partial charge on any atom is 0.178 e. The monoisotopic (exact) mass is 281 g/mol. The summed E-state index contributed by atoms with van der Waals surface area (Å²) in [7, 11) is -3.09. The fraction of sp³-hybridized carbons (Fsp3) is 0.571. The number of hydrogen-bond acceptors (Lipinski definition) is 4. The predicted molar refractivity (Wildman–Crippen MR) is 72.8 cm³/mol. The molecule has 2 heterocycles. The van der Waals surface area contributed by atoms with Crippen molar-refractivity contribution in [1.82, 2.24) is 5.32 Å². The highest BCUT2D eigenvalue weighted by atomic mass is 32.2. The van der Waals surface area contributed by atoms with E-state index in [1.54, 1.807) is 12.1 Å². The molecular weight excluding hydrogens is 262 g/mol. The lowest BCUT2D eigenvalue weighted by molar-refractivity contribution is 0.0659. The molecule has 5 heteroatoms. The van der Waals surface area contributed by atoms with Crippen LogP contribution in [0.2, 0.25) is 0 Å². The lowest BCUT2D eigenvalue weighted by Crippen LogP contribution is -2.41. The average Bonchev–Trinajstić information content (AvgIpc) is 2.44. The minimum absolute atomic E-state index is 0.131. The lowest BCUT2D eigenvalue weighted by Gasteiger charge is -2.32. The van der Waals surface area contributed by atoms with E-state index < -0.39 is 9.84 Å². The molecule has 1 aromatic carbocycles. The standard InChI is InChI=1S/C14H19NO3S/c16-19(17)9-7-13(12-5-1-2-6-14(12)19)15-11-4-3-8-18-10-11/h1-2,5-6,11,13,15H,3-4,7-10H2. The van der Waals surface area contributed by atoms with Gasteiger partial charge >= 0.3 is 0 Å². The molecule has 4 nitrogen and oxygen atoms in total. The molecule has 3 rings (SSSR count). The smallest absolute Gasteiger partial charge is 0.178 e. The summed E-state index contributed by atoms with van der Waals surface area (Å²) >= 11 is 0. The van der Waals surface area contributed by atoms with Gasteiger partial charge in [0.2, 0.25) is 0 Å². The van der Waals surface area contributed by atoms with Crippen LogP contribution in [0.25, 0.3) is 0 Å². The molecule has 0 aliphatic carbocycles. The van der Waals surface area contributed by atoms with Gasteiger partial charge in [0.05, 0.1) is 17.3 Å². The highest BCUT2D eigenvalue weighted by Crippen LogP contribution is 2.32. The van der Waals surface area contributed by atoms with Crippen LogP contribution in [0, 0.1) is 0 Å². The van der Waals surface area contributed by atoms with Crippen molar-refractivity contribution >= 4 is 9.84 Å². The summed E-state index contributed by atoms with van der Waals surface area (Å²) in [6, 6.07) is 7.82. The molecule has 0 bridgehead atoms. The van der Waals surface area contributed by atoms with E-state index in [2.05, 4.69) is 5.32 Å². The van der Waals surface area contributed by atoms with Crippen LogP contribution in [-0.4, -0.2) is 33.4 Å². The normalized spacial score (nSPS) is 29.7. The average molecular weight is 281 g/mol. The fourth-order valence-corrected chi connectivity index (χ4v) is 4.54. The highest BCUT2D eigenvalue weighted by molar-refractivity contribution is 7.91. The van der Waals surface area contributed by atoms with Crippen molar-refractivity contribution < 1.29 is 13.2 Å². The molecule has 2 atom stereocenters. The van der Waals surface area contributed by atoms with Gasteiger partial charge in [0, 0.05) is 18.7 Å². The Labute approximate surface area is 114 Å².